The monoisotopic (exact) mass is 631 g/mol. The van der Waals surface area contributed by atoms with Crippen molar-refractivity contribution in [3.05, 3.63) is 103 Å². The van der Waals surface area contributed by atoms with E-state index >= 15 is 0 Å². The van der Waals surface area contributed by atoms with E-state index in [0.29, 0.717) is 31.6 Å². The number of aromatic nitrogens is 1. The number of carbonyl (C=O) groups excluding carboxylic acids is 2. The summed E-state index contributed by atoms with van der Waals surface area (Å²) in [6.07, 6.45) is 36.5. The summed E-state index contributed by atoms with van der Waals surface area (Å²) in [6, 6.07) is 3.52. The standard InChI is InChI=1S/C38H57N5O3/c1-2-3-4-5-6-7-8-9-10-11-12-13-14-15-16-17-18-19-20-23-37(44)40-25-27-42(29-30-43-31-33-46-34-32-43)28-26-41-38(45)36-22-21-24-39-35-36/h3-4,6-7,9-10,12-13,15-16,18-19,21-22,24,35H,2,5,8,11,14,17,20,23,25-34H2,1H3,(H,40,44)(H,41,45)/b4-3-,7-6-,10-9-,13-12-,16-15-,19-18-. The molecule has 8 heteroatoms. The number of ether oxygens (including phenoxy) is 1. The van der Waals surface area contributed by atoms with Gasteiger partial charge in [0.2, 0.25) is 5.91 Å². The van der Waals surface area contributed by atoms with E-state index in [-0.39, 0.29) is 11.8 Å². The summed E-state index contributed by atoms with van der Waals surface area (Å²) in [7, 11) is 0. The molecular weight excluding hydrogens is 574 g/mol. The van der Waals surface area contributed by atoms with Crippen LogP contribution in [0.3, 0.4) is 0 Å². The van der Waals surface area contributed by atoms with Gasteiger partial charge in [-0.3, -0.25) is 24.4 Å². The van der Waals surface area contributed by atoms with Gasteiger partial charge in [0.05, 0.1) is 18.8 Å². The minimum Gasteiger partial charge on any atom is -0.379 e. The first-order valence-corrected chi connectivity index (χ1v) is 17.1. The summed E-state index contributed by atoms with van der Waals surface area (Å²) < 4.78 is 5.46. The van der Waals surface area contributed by atoms with Crippen LogP contribution in [0, 0.1) is 0 Å². The lowest BCUT2D eigenvalue weighted by atomic mass is 10.2. The molecule has 2 heterocycles. The third-order valence-electron chi connectivity index (χ3n) is 7.36. The number of carbonyl (C=O) groups is 2. The maximum Gasteiger partial charge on any atom is 0.252 e. The summed E-state index contributed by atoms with van der Waals surface area (Å²) >= 11 is 0. The van der Waals surface area contributed by atoms with Crippen LogP contribution in [0.15, 0.2) is 97.4 Å². The second-order valence-corrected chi connectivity index (χ2v) is 11.1. The van der Waals surface area contributed by atoms with Gasteiger partial charge in [0.1, 0.15) is 0 Å². The summed E-state index contributed by atoms with van der Waals surface area (Å²) in [5, 5.41) is 6.04. The molecule has 0 unspecified atom stereocenters. The van der Waals surface area contributed by atoms with Crippen LogP contribution in [0.25, 0.3) is 0 Å². The first-order chi connectivity index (χ1) is 22.7. The van der Waals surface area contributed by atoms with E-state index in [1.807, 2.05) is 0 Å². The molecule has 2 N–H and O–H groups in total. The van der Waals surface area contributed by atoms with Crippen LogP contribution in [0.2, 0.25) is 0 Å². The van der Waals surface area contributed by atoms with Crippen molar-refractivity contribution in [2.75, 3.05) is 65.6 Å². The molecule has 46 heavy (non-hydrogen) atoms. The number of nitrogens with zero attached hydrogens (tertiary/aromatic N) is 3. The Morgan fingerprint density at radius 2 is 1.37 bits per heavy atom. The molecule has 0 spiro atoms. The Morgan fingerprint density at radius 3 is 1.93 bits per heavy atom. The zero-order valence-electron chi connectivity index (χ0n) is 28.0. The number of morpholine rings is 1. The number of hydrogen-bond acceptors (Lipinski definition) is 6. The van der Waals surface area contributed by atoms with Crippen molar-refractivity contribution >= 4 is 11.8 Å². The van der Waals surface area contributed by atoms with Gasteiger partial charge in [-0.15, -0.1) is 0 Å². The highest BCUT2D eigenvalue weighted by atomic mass is 16.5. The Bertz CT molecular complexity index is 1100. The van der Waals surface area contributed by atoms with Crippen LogP contribution in [0.1, 0.15) is 68.6 Å². The molecular formula is C38H57N5O3. The Labute approximate surface area is 278 Å². The molecule has 0 saturated carbocycles. The van der Waals surface area contributed by atoms with Gasteiger partial charge >= 0.3 is 0 Å². The van der Waals surface area contributed by atoms with Gasteiger partial charge in [-0.25, -0.2) is 0 Å². The molecule has 1 aromatic rings. The zero-order chi connectivity index (χ0) is 32.8. The average Bonchev–Trinajstić information content (AvgIpc) is 3.08. The smallest absolute Gasteiger partial charge is 0.252 e. The molecule has 1 aliphatic rings. The molecule has 2 rings (SSSR count). The third-order valence-corrected chi connectivity index (χ3v) is 7.36. The number of hydrogen-bond donors (Lipinski definition) is 2. The van der Waals surface area contributed by atoms with Gasteiger partial charge < -0.3 is 15.4 Å². The second kappa shape index (κ2) is 27.7. The largest absolute Gasteiger partial charge is 0.379 e. The maximum absolute atomic E-state index is 12.4. The number of nitrogens with one attached hydrogen (secondary N) is 2. The van der Waals surface area contributed by atoms with Crippen molar-refractivity contribution in [3.63, 3.8) is 0 Å². The molecule has 8 nitrogen and oxygen atoms in total. The first-order valence-electron chi connectivity index (χ1n) is 17.1. The predicted molar refractivity (Wildman–Crippen MR) is 191 cm³/mol. The molecule has 1 saturated heterocycles. The highest BCUT2D eigenvalue weighted by Crippen LogP contribution is 2.00. The number of allylic oxidation sites excluding steroid dienone is 12. The summed E-state index contributed by atoms with van der Waals surface area (Å²) in [4.78, 5) is 33.5. The van der Waals surface area contributed by atoms with Gasteiger partial charge in [-0.1, -0.05) is 79.8 Å². The lowest BCUT2D eigenvalue weighted by Crippen LogP contribution is -2.45. The van der Waals surface area contributed by atoms with Crippen molar-refractivity contribution in [1.29, 1.82) is 0 Å². The quantitative estimate of drug-likeness (QED) is 0.135. The molecule has 1 aliphatic heterocycles. The molecule has 0 radical (unpaired) electrons. The van der Waals surface area contributed by atoms with Crippen LogP contribution >= 0.6 is 0 Å². The fraction of sp³-hybridized carbons (Fsp3) is 0.500. The lowest BCUT2D eigenvalue weighted by Gasteiger charge is -2.30. The van der Waals surface area contributed by atoms with Crippen LogP contribution in [-0.2, 0) is 9.53 Å². The summed E-state index contributed by atoms with van der Waals surface area (Å²) in [5.41, 5.74) is 0.557. The van der Waals surface area contributed by atoms with E-state index < -0.39 is 0 Å². The maximum atomic E-state index is 12.4. The molecule has 252 valence electrons. The van der Waals surface area contributed by atoms with Crippen LogP contribution in [0.4, 0.5) is 0 Å². The van der Waals surface area contributed by atoms with Gasteiger partial charge in [0, 0.05) is 71.2 Å². The van der Waals surface area contributed by atoms with E-state index in [4.69, 9.17) is 4.74 Å². The van der Waals surface area contributed by atoms with Crippen LogP contribution < -0.4 is 10.6 Å². The Morgan fingerprint density at radius 1 is 0.804 bits per heavy atom. The minimum absolute atomic E-state index is 0.0672. The normalized spacial score (nSPS) is 14.7. The first kappa shape index (κ1) is 38.6. The molecule has 2 amide bonds. The fourth-order valence-corrected chi connectivity index (χ4v) is 4.67. The molecule has 0 aromatic carbocycles. The van der Waals surface area contributed by atoms with Crippen molar-refractivity contribution in [2.45, 2.75) is 58.3 Å². The van der Waals surface area contributed by atoms with Crippen molar-refractivity contribution in [3.8, 4) is 0 Å². The number of amides is 2. The minimum atomic E-state index is -0.121. The topological polar surface area (TPSA) is 86.8 Å². The number of rotatable bonds is 24. The highest BCUT2D eigenvalue weighted by molar-refractivity contribution is 5.93. The van der Waals surface area contributed by atoms with Gasteiger partial charge in [-0.05, 0) is 57.1 Å². The van der Waals surface area contributed by atoms with E-state index in [2.05, 4.69) is 105 Å². The third kappa shape index (κ3) is 21.2. The highest BCUT2D eigenvalue weighted by Gasteiger charge is 2.13. The van der Waals surface area contributed by atoms with E-state index in [1.165, 1.54) is 0 Å². The molecule has 1 fully saturated rings. The Balaban J connectivity index is 1.55. The summed E-state index contributed by atoms with van der Waals surface area (Å²) in [5.74, 6) is -0.0542. The average molecular weight is 632 g/mol. The van der Waals surface area contributed by atoms with E-state index in [9.17, 15) is 9.59 Å². The Hall–Kier alpha value is -3.59. The van der Waals surface area contributed by atoms with Crippen molar-refractivity contribution < 1.29 is 14.3 Å². The van der Waals surface area contributed by atoms with E-state index in [0.717, 1.165) is 90.9 Å². The zero-order valence-corrected chi connectivity index (χ0v) is 28.0. The predicted octanol–water partition coefficient (Wildman–Crippen LogP) is 6.04. The SMILES string of the molecule is CC/C=C\C/C=C\C/C=C\C/C=C\C/C=C\C/C=C\CCC(=O)NCCN(CCNC(=O)c1cccnc1)CCN1CCOCC1. The molecule has 0 atom stereocenters. The van der Waals surface area contributed by atoms with Gasteiger partial charge in [0.15, 0.2) is 0 Å². The van der Waals surface area contributed by atoms with Crippen LogP contribution in [-0.4, -0.2) is 92.2 Å². The van der Waals surface area contributed by atoms with Crippen molar-refractivity contribution in [2.24, 2.45) is 0 Å². The number of pyridine rings is 1. The lowest BCUT2D eigenvalue weighted by molar-refractivity contribution is -0.121. The van der Waals surface area contributed by atoms with Gasteiger partial charge in [0.25, 0.3) is 5.91 Å². The van der Waals surface area contributed by atoms with Gasteiger partial charge in [-0.2, -0.15) is 0 Å². The second-order valence-electron chi connectivity index (χ2n) is 11.1. The Kier molecular flexibility index (Phi) is 23.2. The van der Waals surface area contributed by atoms with Crippen molar-refractivity contribution in [1.82, 2.24) is 25.4 Å². The van der Waals surface area contributed by atoms with E-state index in [1.54, 1.807) is 24.5 Å². The molecule has 0 bridgehead atoms. The van der Waals surface area contributed by atoms with Crippen LogP contribution in [0.5, 0.6) is 0 Å². The summed E-state index contributed by atoms with van der Waals surface area (Å²) in [6.45, 7) is 9.96. The molecule has 0 aliphatic carbocycles. The fourth-order valence-electron chi connectivity index (χ4n) is 4.67. The molecule has 1 aromatic heterocycles.